The van der Waals surface area contributed by atoms with Crippen molar-refractivity contribution in [1.82, 2.24) is 5.32 Å². The third kappa shape index (κ3) is 4.36. The number of carbonyl (C=O) groups excluding carboxylic acids is 1. The predicted octanol–water partition coefficient (Wildman–Crippen LogP) is 3.22. The minimum atomic E-state index is -0.333. The molecule has 7 heteroatoms. The fraction of sp³-hybridized carbons (Fsp3) is 0.350. The molecule has 0 fully saturated rings. The number of ether oxygens (including phenoxy) is 5. The molecule has 1 atom stereocenters. The maximum absolute atomic E-state index is 12.9. The molecule has 0 spiro atoms. The van der Waals surface area contributed by atoms with Crippen LogP contribution in [0.15, 0.2) is 30.3 Å². The van der Waals surface area contributed by atoms with Crippen LogP contribution in [-0.4, -0.2) is 41.5 Å². The predicted molar refractivity (Wildman–Crippen MR) is 102 cm³/mol. The van der Waals surface area contributed by atoms with Crippen LogP contribution in [0.3, 0.4) is 0 Å². The van der Waals surface area contributed by atoms with Gasteiger partial charge in [-0.1, -0.05) is 0 Å². The van der Waals surface area contributed by atoms with Crippen molar-refractivity contribution in [2.45, 2.75) is 13.0 Å². The largest absolute Gasteiger partial charge is 0.497 e. The van der Waals surface area contributed by atoms with Crippen molar-refractivity contribution < 1.29 is 28.5 Å². The van der Waals surface area contributed by atoms with Gasteiger partial charge >= 0.3 is 0 Å². The summed E-state index contributed by atoms with van der Waals surface area (Å²) in [6.07, 6.45) is 0. The normalized spacial score (nSPS) is 11.3. The van der Waals surface area contributed by atoms with Gasteiger partial charge in [-0.05, 0) is 25.1 Å². The molecule has 0 aliphatic carbocycles. The van der Waals surface area contributed by atoms with E-state index in [0.717, 1.165) is 5.56 Å². The Morgan fingerprint density at radius 2 is 1.37 bits per heavy atom. The fourth-order valence-corrected chi connectivity index (χ4v) is 2.74. The fourth-order valence-electron chi connectivity index (χ4n) is 2.74. The molecule has 27 heavy (non-hydrogen) atoms. The molecule has 0 unspecified atom stereocenters. The highest BCUT2D eigenvalue weighted by atomic mass is 16.5. The first-order valence-corrected chi connectivity index (χ1v) is 8.31. The molecule has 0 aliphatic heterocycles. The first-order valence-electron chi connectivity index (χ1n) is 8.31. The number of hydrogen-bond acceptors (Lipinski definition) is 6. The van der Waals surface area contributed by atoms with Crippen molar-refractivity contribution in [3.8, 4) is 28.7 Å². The quantitative estimate of drug-likeness (QED) is 0.764. The van der Waals surface area contributed by atoms with Crippen molar-refractivity contribution in [2.24, 2.45) is 0 Å². The summed E-state index contributed by atoms with van der Waals surface area (Å²) in [4.78, 5) is 12.9. The first kappa shape index (κ1) is 20.2. The molecule has 2 aromatic rings. The zero-order chi connectivity index (χ0) is 20.0. The third-order valence-electron chi connectivity index (χ3n) is 4.20. The van der Waals surface area contributed by atoms with Gasteiger partial charge in [0.1, 0.15) is 17.2 Å². The van der Waals surface area contributed by atoms with Crippen LogP contribution < -0.4 is 29.0 Å². The second-order valence-corrected chi connectivity index (χ2v) is 5.71. The average molecular weight is 375 g/mol. The number of amides is 1. The highest BCUT2D eigenvalue weighted by Gasteiger charge is 2.21. The number of nitrogens with one attached hydrogen (secondary N) is 1. The van der Waals surface area contributed by atoms with E-state index < -0.39 is 0 Å². The van der Waals surface area contributed by atoms with E-state index in [4.69, 9.17) is 23.7 Å². The zero-order valence-corrected chi connectivity index (χ0v) is 16.4. The Hall–Kier alpha value is -3.09. The van der Waals surface area contributed by atoms with E-state index in [1.165, 1.54) is 21.3 Å². The van der Waals surface area contributed by atoms with E-state index in [9.17, 15) is 4.79 Å². The molecule has 1 amide bonds. The van der Waals surface area contributed by atoms with Gasteiger partial charge in [0.15, 0.2) is 11.5 Å². The summed E-state index contributed by atoms with van der Waals surface area (Å²) in [5.41, 5.74) is 1.13. The smallest absolute Gasteiger partial charge is 0.255 e. The summed E-state index contributed by atoms with van der Waals surface area (Å²) in [5.74, 6) is 2.32. The molecule has 2 rings (SSSR count). The van der Waals surface area contributed by atoms with Gasteiger partial charge < -0.3 is 29.0 Å². The molecule has 2 aromatic carbocycles. The molecule has 0 heterocycles. The summed E-state index contributed by atoms with van der Waals surface area (Å²) >= 11 is 0. The summed E-state index contributed by atoms with van der Waals surface area (Å²) in [6, 6.07) is 8.30. The van der Waals surface area contributed by atoms with Gasteiger partial charge in [0.25, 0.3) is 5.91 Å². The zero-order valence-electron chi connectivity index (χ0n) is 16.4. The molecule has 0 aromatic heterocycles. The Balaban J connectivity index is 2.34. The molecule has 7 nitrogen and oxygen atoms in total. The van der Waals surface area contributed by atoms with E-state index in [1.54, 1.807) is 38.5 Å². The lowest BCUT2D eigenvalue weighted by Gasteiger charge is -2.19. The van der Waals surface area contributed by atoms with Crippen LogP contribution in [-0.2, 0) is 0 Å². The van der Waals surface area contributed by atoms with Gasteiger partial charge in [-0.25, -0.2) is 0 Å². The molecule has 146 valence electrons. The Morgan fingerprint density at radius 1 is 0.778 bits per heavy atom. The maximum Gasteiger partial charge on any atom is 0.255 e. The number of hydrogen-bond donors (Lipinski definition) is 1. The first-order chi connectivity index (χ1) is 13.0. The van der Waals surface area contributed by atoms with Crippen molar-refractivity contribution in [3.05, 3.63) is 41.5 Å². The SMILES string of the molecule is COc1ccc(OC)c([C@@H](C)NC(=O)c2cc(OC)c(OC)cc2OC)c1. The monoisotopic (exact) mass is 375 g/mol. The lowest BCUT2D eigenvalue weighted by Crippen LogP contribution is -2.27. The van der Waals surface area contributed by atoms with Crippen LogP contribution in [0.1, 0.15) is 28.9 Å². The number of rotatable bonds is 8. The van der Waals surface area contributed by atoms with E-state index in [0.29, 0.717) is 34.3 Å². The van der Waals surface area contributed by atoms with Crippen LogP contribution in [0.4, 0.5) is 0 Å². The molecule has 0 bridgehead atoms. The molecule has 1 N–H and O–H groups in total. The standard InChI is InChI=1S/C20H25NO6/c1-12(14-9-13(23-2)7-8-16(14)24-3)21-20(22)15-10-18(26-5)19(27-6)11-17(15)25-4/h7-12H,1-6H3,(H,21,22)/t12-/m1/s1. The number of carbonyl (C=O) groups is 1. The van der Waals surface area contributed by atoms with Crippen LogP contribution in [0.5, 0.6) is 28.7 Å². The van der Waals surface area contributed by atoms with Crippen molar-refractivity contribution >= 4 is 5.91 Å². The topological polar surface area (TPSA) is 75.3 Å². The van der Waals surface area contributed by atoms with Crippen molar-refractivity contribution in [3.63, 3.8) is 0 Å². The van der Waals surface area contributed by atoms with Crippen LogP contribution >= 0.6 is 0 Å². The molecule has 0 saturated carbocycles. The summed E-state index contributed by atoms with van der Waals surface area (Å²) < 4.78 is 26.5. The lowest BCUT2D eigenvalue weighted by molar-refractivity contribution is 0.0936. The summed E-state index contributed by atoms with van der Waals surface area (Å²) in [7, 11) is 7.69. The van der Waals surface area contributed by atoms with Gasteiger partial charge in [0.05, 0.1) is 47.2 Å². The molecule has 0 radical (unpaired) electrons. The van der Waals surface area contributed by atoms with E-state index in [-0.39, 0.29) is 11.9 Å². The minimum absolute atomic E-state index is 0.315. The second-order valence-electron chi connectivity index (χ2n) is 5.71. The highest BCUT2D eigenvalue weighted by molar-refractivity contribution is 5.98. The van der Waals surface area contributed by atoms with Crippen LogP contribution in [0, 0.1) is 0 Å². The van der Waals surface area contributed by atoms with Crippen molar-refractivity contribution in [2.75, 3.05) is 35.5 Å². The number of benzene rings is 2. The highest BCUT2D eigenvalue weighted by Crippen LogP contribution is 2.35. The minimum Gasteiger partial charge on any atom is -0.497 e. The average Bonchev–Trinajstić information content (AvgIpc) is 2.71. The molecule has 0 aliphatic rings. The molecular weight excluding hydrogens is 350 g/mol. The van der Waals surface area contributed by atoms with E-state index in [1.807, 2.05) is 13.0 Å². The Labute approximate surface area is 159 Å². The maximum atomic E-state index is 12.9. The van der Waals surface area contributed by atoms with Gasteiger partial charge in [-0.15, -0.1) is 0 Å². The molecular formula is C20H25NO6. The summed E-state index contributed by atoms with van der Waals surface area (Å²) in [6.45, 7) is 1.86. The third-order valence-corrected chi connectivity index (χ3v) is 4.20. The Bertz CT molecular complexity index is 805. The van der Waals surface area contributed by atoms with Gasteiger partial charge in [-0.2, -0.15) is 0 Å². The number of methoxy groups -OCH3 is 5. The van der Waals surface area contributed by atoms with E-state index >= 15 is 0 Å². The van der Waals surface area contributed by atoms with Crippen LogP contribution in [0.2, 0.25) is 0 Å². The van der Waals surface area contributed by atoms with Gasteiger partial charge in [-0.3, -0.25) is 4.79 Å². The second kappa shape index (κ2) is 9.02. The van der Waals surface area contributed by atoms with Gasteiger partial charge in [0.2, 0.25) is 0 Å². The van der Waals surface area contributed by atoms with E-state index in [2.05, 4.69) is 5.32 Å². The Morgan fingerprint density at radius 3 is 1.93 bits per heavy atom. The van der Waals surface area contributed by atoms with Crippen molar-refractivity contribution in [1.29, 1.82) is 0 Å². The van der Waals surface area contributed by atoms with Crippen LogP contribution in [0.25, 0.3) is 0 Å². The summed E-state index contributed by atoms with van der Waals surface area (Å²) in [5, 5.41) is 2.95. The molecule has 0 saturated heterocycles. The van der Waals surface area contributed by atoms with Gasteiger partial charge in [0, 0.05) is 17.7 Å². The Kier molecular flexibility index (Phi) is 6.76. The lowest BCUT2D eigenvalue weighted by atomic mass is 10.1.